The third-order valence-electron chi connectivity index (χ3n) is 2.12. The summed E-state index contributed by atoms with van der Waals surface area (Å²) in [7, 11) is -4.49. The normalized spacial score (nSPS) is 23.3. The van der Waals surface area contributed by atoms with Gasteiger partial charge in [-0.1, -0.05) is 11.2 Å². The molecule has 1 aliphatic carbocycles. The third-order valence-corrected chi connectivity index (χ3v) is 2.61. The van der Waals surface area contributed by atoms with Gasteiger partial charge in [0.25, 0.3) is 0 Å². The van der Waals surface area contributed by atoms with Crippen LogP contribution in [0.1, 0.15) is 19.3 Å². The van der Waals surface area contributed by atoms with Gasteiger partial charge in [0, 0.05) is 6.42 Å². The fraction of sp³-hybridized carbons (Fsp3) is 0.500. The van der Waals surface area contributed by atoms with Gasteiger partial charge >= 0.3 is 10.3 Å². The molecular weight excluding hydrogens is 236 g/mol. The van der Waals surface area contributed by atoms with Gasteiger partial charge in [0.05, 0.1) is 5.71 Å². The van der Waals surface area contributed by atoms with Gasteiger partial charge in [-0.2, -0.15) is 8.42 Å². The van der Waals surface area contributed by atoms with Crippen molar-refractivity contribution in [2.45, 2.75) is 19.3 Å². The molecule has 0 aromatic carbocycles. The predicted octanol–water partition coefficient (Wildman–Crippen LogP) is 0.0919. The number of carbonyl (C=O) groups is 1. The van der Waals surface area contributed by atoms with E-state index in [1.807, 2.05) is 0 Å². The summed E-state index contributed by atoms with van der Waals surface area (Å²) in [5.41, 5.74) is 0.441. The molecule has 7 nitrogen and oxygen atoms in total. The van der Waals surface area contributed by atoms with Crippen molar-refractivity contribution in [2.24, 2.45) is 11.1 Å². The fourth-order valence-electron chi connectivity index (χ4n) is 1.52. The summed E-state index contributed by atoms with van der Waals surface area (Å²) in [4.78, 5) is 11.1. The maximum atomic E-state index is 11.1. The zero-order valence-corrected chi connectivity index (χ0v) is 9.14. The summed E-state index contributed by atoms with van der Waals surface area (Å²) in [5, 5.41) is 11.5. The van der Waals surface area contributed by atoms with Gasteiger partial charge < -0.3 is 5.21 Å². The first-order chi connectivity index (χ1) is 7.40. The highest BCUT2D eigenvalue weighted by atomic mass is 32.2. The lowest BCUT2D eigenvalue weighted by Crippen LogP contribution is -2.31. The van der Waals surface area contributed by atoms with Gasteiger partial charge in [-0.05, 0) is 24.8 Å². The molecular formula is C8H12N2O5S. The van der Waals surface area contributed by atoms with E-state index in [1.165, 1.54) is 4.72 Å². The largest absolute Gasteiger partial charge is 0.411 e. The Balaban J connectivity index is 2.50. The summed E-state index contributed by atoms with van der Waals surface area (Å²) >= 11 is 0. The van der Waals surface area contributed by atoms with E-state index in [4.69, 9.17) is 9.76 Å². The second-order valence-corrected chi connectivity index (χ2v) is 4.66. The van der Waals surface area contributed by atoms with Gasteiger partial charge in [-0.15, -0.1) is 0 Å². The van der Waals surface area contributed by atoms with Gasteiger partial charge in [0.15, 0.2) is 0 Å². The number of carbonyl (C=O) groups excluding carboxylic acids is 1. The molecule has 0 saturated heterocycles. The number of hydrogen-bond donors (Lipinski definition) is 3. The van der Waals surface area contributed by atoms with Crippen LogP contribution >= 0.6 is 0 Å². The molecule has 0 aromatic rings. The number of amides is 1. The molecule has 0 saturated carbocycles. The number of hydrogen-bond acceptors (Lipinski definition) is 5. The van der Waals surface area contributed by atoms with Crippen molar-refractivity contribution in [1.29, 1.82) is 0 Å². The summed E-state index contributed by atoms with van der Waals surface area (Å²) in [5.74, 6) is -0.905. The Morgan fingerprint density at radius 1 is 1.62 bits per heavy atom. The van der Waals surface area contributed by atoms with Crippen LogP contribution in [-0.2, 0) is 15.1 Å². The van der Waals surface area contributed by atoms with Crippen LogP contribution in [0.25, 0.3) is 0 Å². The quantitative estimate of drug-likeness (QED) is 0.372. The maximum absolute atomic E-state index is 11.1. The summed E-state index contributed by atoms with van der Waals surface area (Å²) < 4.78 is 30.5. The van der Waals surface area contributed by atoms with Crippen molar-refractivity contribution in [1.82, 2.24) is 4.72 Å². The molecule has 0 bridgehead atoms. The smallest absolute Gasteiger partial charge is 0.359 e. The summed E-state index contributed by atoms with van der Waals surface area (Å²) in [6.45, 7) is 0. The number of nitrogens with one attached hydrogen (secondary N) is 1. The molecule has 1 rings (SSSR count). The maximum Gasteiger partial charge on any atom is 0.359 e. The summed E-state index contributed by atoms with van der Waals surface area (Å²) in [6, 6.07) is 0. The Labute approximate surface area is 92.7 Å². The second kappa shape index (κ2) is 5.08. The minimum atomic E-state index is -4.49. The van der Waals surface area contributed by atoms with Crippen LogP contribution in [0.15, 0.2) is 17.3 Å². The zero-order valence-electron chi connectivity index (χ0n) is 8.33. The van der Waals surface area contributed by atoms with Crippen molar-refractivity contribution >= 4 is 21.9 Å². The van der Waals surface area contributed by atoms with Crippen LogP contribution in [0.4, 0.5) is 0 Å². The van der Waals surface area contributed by atoms with Gasteiger partial charge in [0.2, 0.25) is 5.91 Å². The molecule has 16 heavy (non-hydrogen) atoms. The van der Waals surface area contributed by atoms with Crippen LogP contribution in [0.2, 0.25) is 0 Å². The first kappa shape index (κ1) is 12.7. The first-order valence-corrected chi connectivity index (χ1v) is 6.00. The molecule has 0 heterocycles. The predicted molar refractivity (Wildman–Crippen MR) is 55.4 cm³/mol. The van der Waals surface area contributed by atoms with Crippen LogP contribution < -0.4 is 4.72 Å². The minimum Gasteiger partial charge on any atom is -0.411 e. The SMILES string of the molecule is O=C(CC1CC=CC(=NO)C1)NS(=O)(=O)O. The average Bonchev–Trinajstić information content (AvgIpc) is 2.15. The van der Waals surface area contributed by atoms with E-state index in [0.29, 0.717) is 18.6 Å². The lowest BCUT2D eigenvalue weighted by molar-refractivity contribution is -0.120. The molecule has 8 heteroatoms. The fourth-order valence-corrected chi connectivity index (χ4v) is 1.89. The van der Waals surface area contributed by atoms with Crippen LogP contribution in [0.3, 0.4) is 0 Å². The molecule has 3 N–H and O–H groups in total. The Morgan fingerprint density at radius 3 is 2.88 bits per heavy atom. The van der Waals surface area contributed by atoms with Gasteiger partial charge in [-0.25, -0.2) is 4.72 Å². The van der Waals surface area contributed by atoms with E-state index >= 15 is 0 Å². The molecule has 1 atom stereocenters. The van der Waals surface area contributed by atoms with Crippen molar-refractivity contribution < 1.29 is 23.0 Å². The molecule has 0 spiro atoms. The Morgan fingerprint density at radius 2 is 2.31 bits per heavy atom. The third kappa shape index (κ3) is 4.41. The number of rotatable bonds is 3. The first-order valence-electron chi connectivity index (χ1n) is 4.56. The van der Waals surface area contributed by atoms with Crippen molar-refractivity contribution in [3.63, 3.8) is 0 Å². The van der Waals surface area contributed by atoms with Gasteiger partial charge in [-0.3, -0.25) is 9.35 Å². The van der Waals surface area contributed by atoms with Crippen molar-refractivity contribution in [3.8, 4) is 0 Å². The molecule has 1 unspecified atom stereocenters. The van der Waals surface area contributed by atoms with E-state index < -0.39 is 16.2 Å². The standard InChI is InChI=1S/C8H12N2O5S/c11-8(10-16(13,14)15)5-6-2-1-3-7(4-6)9-12/h1,3,6,12H,2,4-5H2,(H,10,11)(H,13,14,15). The van der Waals surface area contributed by atoms with Crippen molar-refractivity contribution in [3.05, 3.63) is 12.2 Å². The molecule has 0 aliphatic heterocycles. The molecule has 90 valence electrons. The minimum absolute atomic E-state index is 0.0524. The van der Waals surface area contributed by atoms with Gasteiger partial charge in [0.1, 0.15) is 0 Å². The number of allylic oxidation sites excluding steroid dienone is 2. The molecule has 1 aliphatic rings. The Kier molecular flexibility index (Phi) is 4.02. The lowest BCUT2D eigenvalue weighted by Gasteiger charge is -2.17. The Hall–Kier alpha value is -1.41. The van der Waals surface area contributed by atoms with E-state index in [-0.39, 0.29) is 12.3 Å². The monoisotopic (exact) mass is 248 g/mol. The van der Waals surface area contributed by atoms with Crippen molar-refractivity contribution in [2.75, 3.05) is 0 Å². The highest BCUT2D eigenvalue weighted by Crippen LogP contribution is 2.20. The highest BCUT2D eigenvalue weighted by molar-refractivity contribution is 7.84. The number of nitrogens with zero attached hydrogens (tertiary/aromatic N) is 1. The van der Waals surface area contributed by atoms with Crippen LogP contribution in [0.5, 0.6) is 0 Å². The van der Waals surface area contributed by atoms with E-state index in [2.05, 4.69) is 5.16 Å². The van der Waals surface area contributed by atoms with E-state index in [9.17, 15) is 13.2 Å². The lowest BCUT2D eigenvalue weighted by atomic mass is 9.90. The Bertz CT molecular complexity index is 426. The topological polar surface area (TPSA) is 116 Å². The van der Waals surface area contributed by atoms with Crippen LogP contribution in [0, 0.1) is 5.92 Å². The average molecular weight is 248 g/mol. The molecule has 0 fully saturated rings. The second-order valence-electron chi connectivity index (χ2n) is 3.50. The highest BCUT2D eigenvalue weighted by Gasteiger charge is 2.20. The zero-order chi connectivity index (χ0) is 12.2. The number of oxime groups is 1. The summed E-state index contributed by atoms with van der Waals surface area (Å²) in [6.07, 6.45) is 4.31. The van der Waals surface area contributed by atoms with E-state index in [0.717, 1.165) is 0 Å². The van der Waals surface area contributed by atoms with E-state index in [1.54, 1.807) is 12.2 Å². The molecule has 0 radical (unpaired) electrons. The molecule has 0 aromatic heterocycles. The molecule has 1 amide bonds. The van der Waals surface area contributed by atoms with Crippen LogP contribution in [-0.4, -0.2) is 29.8 Å².